The first-order chi connectivity index (χ1) is 18.4. The fraction of sp³-hybridized carbons (Fsp3) is 0.400. The van der Waals surface area contributed by atoms with Crippen molar-refractivity contribution in [2.24, 2.45) is 10.2 Å². The van der Waals surface area contributed by atoms with E-state index in [1.54, 1.807) is 6.92 Å². The smallest absolute Gasteiger partial charge is 0.333 e. The van der Waals surface area contributed by atoms with Crippen LogP contribution in [0.2, 0.25) is 0 Å². The number of nitriles is 1. The Bertz CT molecular complexity index is 1420. The lowest BCUT2D eigenvalue weighted by atomic mass is 10.1. The molecule has 0 aliphatic rings. The molecule has 14 heteroatoms. The summed E-state index contributed by atoms with van der Waals surface area (Å²) >= 11 is 0. The van der Waals surface area contributed by atoms with Crippen LogP contribution in [-0.2, 0) is 35.6 Å². The fourth-order valence-electron chi connectivity index (χ4n) is 3.06. The zero-order valence-corrected chi connectivity index (χ0v) is 23.0. The number of benzene rings is 1. The summed E-state index contributed by atoms with van der Waals surface area (Å²) in [4.78, 5) is 24.4. The van der Waals surface area contributed by atoms with Gasteiger partial charge < -0.3 is 19.3 Å². The number of hydrogen-bond acceptors (Lipinski definition) is 11. The van der Waals surface area contributed by atoms with Gasteiger partial charge in [-0.3, -0.25) is 9.36 Å². The van der Waals surface area contributed by atoms with Gasteiger partial charge >= 0.3 is 5.97 Å². The van der Waals surface area contributed by atoms with Gasteiger partial charge in [0, 0.05) is 25.2 Å². The van der Waals surface area contributed by atoms with Crippen molar-refractivity contribution in [2.45, 2.75) is 25.3 Å². The van der Waals surface area contributed by atoms with E-state index in [0.29, 0.717) is 5.57 Å². The molecule has 1 aromatic carbocycles. The van der Waals surface area contributed by atoms with Crippen LogP contribution in [0.15, 0.2) is 56.3 Å². The molecule has 0 aliphatic carbocycles. The number of aromatic hydroxyl groups is 1. The van der Waals surface area contributed by atoms with Crippen molar-refractivity contribution in [3.05, 3.63) is 57.9 Å². The molecular weight excluding hydrogens is 530 g/mol. The van der Waals surface area contributed by atoms with Crippen LogP contribution in [0.4, 0.5) is 11.4 Å². The molecule has 0 radical (unpaired) electrons. The third-order valence-electron chi connectivity index (χ3n) is 5.29. The van der Waals surface area contributed by atoms with Gasteiger partial charge in [0.25, 0.3) is 5.56 Å². The maximum absolute atomic E-state index is 13.0. The molecule has 13 nitrogen and oxygen atoms in total. The van der Waals surface area contributed by atoms with Gasteiger partial charge in [0.05, 0.1) is 43.6 Å². The minimum absolute atomic E-state index is 0.0216. The Morgan fingerprint density at radius 3 is 2.26 bits per heavy atom. The number of pyridine rings is 1. The first-order valence-electron chi connectivity index (χ1n) is 11.7. The van der Waals surface area contributed by atoms with E-state index in [1.165, 1.54) is 45.3 Å². The standard InChI is InChI=1S/C25H31N5O8S/c1-17(2)25(33)38-15-14-37-13-12-36-11-10-30-23(31)21(16-26)18(3)22(24(30)32)28-27-19-6-8-20(9-7-19)39(34,35)29(4)5/h6-9,31H,1,10-15H2,2-5H3. The number of hydrogen-bond donors (Lipinski definition) is 1. The van der Waals surface area contributed by atoms with Crippen LogP contribution in [0.1, 0.15) is 18.1 Å². The lowest BCUT2D eigenvalue weighted by Crippen LogP contribution is -2.24. The number of sulfonamides is 1. The molecule has 0 atom stereocenters. The summed E-state index contributed by atoms with van der Waals surface area (Å²) < 4.78 is 42.1. The average molecular weight is 562 g/mol. The van der Waals surface area contributed by atoms with Crippen molar-refractivity contribution in [3.63, 3.8) is 0 Å². The normalized spacial score (nSPS) is 11.6. The lowest BCUT2D eigenvalue weighted by Gasteiger charge is -2.13. The first-order valence-corrected chi connectivity index (χ1v) is 13.1. The summed E-state index contributed by atoms with van der Waals surface area (Å²) in [6, 6.07) is 7.45. The third-order valence-corrected chi connectivity index (χ3v) is 7.12. The highest BCUT2D eigenvalue weighted by atomic mass is 32.2. The van der Waals surface area contributed by atoms with Gasteiger partial charge in [0.2, 0.25) is 15.9 Å². The molecule has 0 bridgehead atoms. The van der Waals surface area contributed by atoms with E-state index in [-0.39, 0.29) is 67.0 Å². The molecule has 1 N–H and O–H groups in total. The van der Waals surface area contributed by atoms with Crippen LogP contribution in [0.3, 0.4) is 0 Å². The van der Waals surface area contributed by atoms with E-state index in [0.717, 1.165) is 8.87 Å². The number of carbonyl (C=O) groups excluding carboxylic acids is 1. The average Bonchev–Trinajstić information content (AvgIpc) is 2.89. The number of carbonyl (C=O) groups is 1. The Balaban J connectivity index is 2.05. The van der Waals surface area contributed by atoms with Gasteiger partial charge in [-0.05, 0) is 38.1 Å². The van der Waals surface area contributed by atoms with Crippen LogP contribution in [0.25, 0.3) is 0 Å². The Morgan fingerprint density at radius 1 is 1.10 bits per heavy atom. The minimum Gasteiger partial charge on any atom is -0.493 e. The van der Waals surface area contributed by atoms with Crippen molar-refractivity contribution < 1.29 is 32.5 Å². The minimum atomic E-state index is -3.62. The second-order valence-corrected chi connectivity index (χ2v) is 10.5. The van der Waals surface area contributed by atoms with E-state index >= 15 is 0 Å². The van der Waals surface area contributed by atoms with E-state index in [4.69, 9.17) is 14.2 Å². The van der Waals surface area contributed by atoms with E-state index in [2.05, 4.69) is 16.8 Å². The monoisotopic (exact) mass is 561 g/mol. The SMILES string of the molecule is C=C(C)C(=O)OCCOCCOCCn1c(O)c(C#N)c(C)c(N=Nc2ccc(S(=O)(=O)N(C)C)cc2)c1=O. The zero-order valence-electron chi connectivity index (χ0n) is 22.2. The van der Waals surface area contributed by atoms with E-state index in [1.807, 2.05) is 6.07 Å². The first kappa shape index (κ1) is 31.3. The van der Waals surface area contributed by atoms with Gasteiger partial charge in [-0.2, -0.15) is 10.4 Å². The van der Waals surface area contributed by atoms with Crippen molar-refractivity contribution >= 4 is 27.4 Å². The topological polar surface area (TPSA) is 173 Å². The van der Waals surface area contributed by atoms with Crippen molar-refractivity contribution in [3.8, 4) is 11.9 Å². The highest BCUT2D eigenvalue weighted by Crippen LogP contribution is 2.27. The number of esters is 1. The van der Waals surface area contributed by atoms with Crippen LogP contribution in [0, 0.1) is 18.3 Å². The van der Waals surface area contributed by atoms with Gasteiger partial charge in [-0.1, -0.05) is 6.58 Å². The largest absolute Gasteiger partial charge is 0.493 e. The predicted molar refractivity (Wildman–Crippen MR) is 141 cm³/mol. The highest BCUT2D eigenvalue weighted by Gasteiger charge is 2.20. The van der Waals surface area contributed by atoms with Crippen molar-refractivity contribution in [1.29, 1.82) is 5.26 Å². The molecule has 1 aromatic heterocycles. The molecule has 210 valence electrons. The number of ether oxygens (including phenoxy) is 3. The van der Waals surface area contributed by atoms with Crippen LogP contribution >= 0.6 is 0 Å². The summed E-state index contributed by atoms with van der Waals surface area (Å²) in [6.07, 6.45) is 0. The summed E-state index contributed by atoms with van der Waals surface area (Å²) in [5.74, 6) is -1.02. The van der Waals surface area contributed by atoms with Crippen molar-refractivity contribution in [1.82, 2.24) is 8.87 Å². The molecule has 2 rings (SSSR count). The van der Waals surface area contributed by atoms with Crippen LogP contribution in [-0.4, -0.2) is 75.5 Å². The van der Waals surface area contributed by atoms with Crippen molar-refractivity contribution in [2.75, 3.05) is 47.1 Å². The molecule has 0 unspecified atom stereocenters. The van der Waals surface area contributed by atoms with E-state index in [9.17, 15) is 28.4 Å². The Kier molecular flexibility index (Phi) is 11.5. The predicted octanol–water partition coefficient (Wildman–Crippen LogP) is 2.55. The molecule has 39 heavy (non-hydrogen) atoms. The Labute approximate surface area is 226 Å². The molecule has 0 fully saturated rings. The second kappa shape index (κ2) is 14.3. The maximum Gasteiger partial charge on any atom is 0.333 e. The molecule has 0 amide bonds. The third kappa shape index (κ3) is 8.29. The Hall–Kier alpha value is -3.90. The fourth-order valence-corrected chi connectivity index (χ4v) is 3.96. The van der Waals surface area contributed by atoms with Crippen LogP contribution in [0.5, 0.6) is 5.88 Å². The number of azo groups is 1. The molecule has 0 aliphatic heterocycles. The summed E-state index contributed by atoms with van der Waals surface area (Å²) in [5, 5.41) is 28.0. The van der Waals surface area contributed by atoms with Gasteiger partial charge in [-0.25, -0.2) is 17.5 Å². The molecule has 0 saturated carbocycles. The number of rotatable bonds is 14. The van der Waals surface area contributed by atoms with Gasteiger partial charge in [0.15, 0.2) is 5.69 Å². The second-order valence-electron chi connectivity index (χ2n) is 8.36. The zero-order chi connectivity index (χ0) is 29.2. The Morgan fingerprint density at radius 2 is 1.69 bits per heavy atom. The molecule has 0 saturated heterocycles. The summed E-state index contributed by atoms with van der Waals surface area (Å²) in [5.41, 5.74) is -0.246. The number of nitrogens with zero attached hydrogens (tertiary/aromatic N) is 5. The molecular formula is C25H31N5O8S. The molecule has 1 heterocycles. The van der Waals surface area contributed by atoms with E-state index < -0.39 is 27.4 Å². The quantitative estimate of drug-likeness (QED) is 0.157. The van der Waals surface area contributed by atoms with Gasteiger partial charge in [-0.15, -0.1) is 5.11 Å². The molecule has 2 aromatic rings. The van der Waals surface area contributed by atoms with Crippen LogP contribution < -0.4 is 5.56 Å². The maximum atomic E-state index is 13.0. The summed E-state index contributed by atoms with van der Waals surface area (Å²) in [6.45, 7) is 7.06. The molecule has 0 spiro atoms. The van der Waals surface area contributed by atoms with Gasteiger partial charge in [0.1, 0.15) is 18.2 Å². The lowest BCUT2D eigenvalue weighted by molar-refractivity contribution is -0.140. The number of aromatic nitrogens is 1. The summed E-state index contributed by atoms with van der Waals surface area (Å²) in [7, 11) is -0.782. The highest BCUT2D eigenvalue weighted by molar-refractivity contribution is 7.89.